The number of carbonyl (C=O) groups excluding carboxylic acids is 1. The van der Waals surface area contributed by atoms with Crippen LogP contribution in [0.2, 0.25) is 0 Å². The topological polar surface area (TPSA) is 58.9 Å². The summed E-state index contributed by atoms with van der Waals surface area (Å²) < 4.78 is 19.1. The van der Waals surface area contributed by atoms with E-state index in [1.54, 1.807) is 6.08 Å². The molecule has 0 aromatic heterocycles. The van der Waals surface area contributed by atoms with Gasteiger partial charge in [-0.3, -0.25) is 0 Å². The van der Waals surface area contributed by atoms with E-state index < -0.39 is 17.1 Å². The van der Waals surface area contributed by atoms with Gasteiger partial charge in [-0.25, -0.2) is 9.18 Å². The quantitative estimate of drug-likeness (QED) is 0.682. The van der Waals surface area contributed by atoms with Crippen LogP contribution in [-0.4, -0.2) is 18.3 Å². The lowest BCUT2D eigenvalue weighted by atomic mass is 9.88. The smallest absolute Gasteiger partial charge is 0.235 e. The van der Waals surface area contributed by atoms with Gasteiger partial charge in [-0.2, -0.15) is 4.99 Å². The summed E-state index contributed by atoms with van der Waals surface area (Å²) >= 11 is 3.27. The second-order valence-corrected chi connectivity index (χ2v) is 5.39. The molecule has 6 heteroatoms. The summed E-state index contributed by atoms with van der Waals surface area (Å²) in [5.74, 6) is -1.32. The van der Waals surface area contributed by atoms with Crippen LogP contribution in [0.3, 0.4) is 0 Å². The van der Waals surface area contributed by atoms with E-state index in [0.29, 0.717) is 22.9 Å². The van der Waals surface area contributed by atoms with Crippen LogP contribution in [0.5, 0.6) is 11.5 Å². The molecule has 1 aliphatic carbocycles. The molecule has 0 saturated heterocycles. The van der Waals surface area contributed by atoms with Gasteiger partial charge in [0.2, 0.25) is 6.08 Å². The number of ether oxygens (including phenoxy) is 1. The fourth-order valence-electron chi connectivity index (χ4n) is 2.68. The van der Waals surface area contributed by atoms with Gasteiger partial charge in [0.1, 0.15) is 5.54 Å². The molecule has 1 aliphatic rings. The van der Waals surface area contributed by atoms with Crippen LogP contribution in [0.4, 0.5) is 4.39 Å². The lowest BCUT2D eigenvalue weighted by molar-refractivity contribution is 0.336. The van der Waals surface area contributed by atoms with Gasteiger partial charge < -0.3 is 9.84 Å². The Kier molecular flexibility index (Phi) is 3.92. The van der Waals surface area contributed by atoms with E-state index in [1.165, 1.54) is 7.11 Å². The highest BCUT2D eigenvalue weighted by atomic mass is 79.9. The van der Waals surface area contributed by atoms with Gasteiger partial charge >= 0.3 is 0 Å². The molecule has 0 bridgehead atoms. The predicted molar refractivity (Wildman–Crippen MR) is 70.6 cm³/mol. The SMILES string of the molecule is COc1c(O)c(F)cc(Br)c1C1(N=C=O)CCCC1. The number of nitrogens with zero attached hydrogens (tertiary/aromatic N) is 1. The minimum atomic E-state index is -0.795. The monoisotopic (exact) mass is 329 g/mol. The molecular formula is C13H13BrFNO3. The molecule has 0 spiro atoms. The molecule has 1 aromatic carbocycles. The second-order valence-electron chi connectivity index (χ2n) is 4.54. The summed E-state index contributed by atoms with van der Waals surface area (Å²) in [7, 11) is 1.34. The van der Waals surface area contributed by atoms with Crippen molar-refractivity contribution < 1.29 is 19.0 Å². The number of hydrogen-bond donors (Lipinski definition) is 1. The first-order chi connectivity index (χ1) is 9.05. The number of phenolic OH excluding ortho intramolecular Hbond substituents is 1. The standard InChI is InChI=1S/C13H13BrFNO3/c1-19-12-10(8(14)6-9(15)11(12)18)13(16-7-17)4-2-3-5-13/h6,18H,2-5H2,1H3. The van der Waals surface area contributed by atoms with Crippen molar-refractivity contribution in [2.24, 2.45) is 4.99 Å². The fraction of sp³-hybridized carbons (Fsp3) is 0.462. The van der Waals surface area contributed by atoms with Gasteiger partial charge in [-0.1, -0.05) is 28.8 Å². The molecule has 1 fully saturated rings. The number of phenols is 1. The molecule has 1 N–H and O–H groups in total. The molecule has 1 aromatic rings. The number of aromatic hydroxyl groups is 1. The number of benzene rings is 1. The first-order valence-corrected chi connectivity index (χ1v) is 6.69. The summed E-state index contributed by atoms with van der Waals surface area (Å²) in [6, 6.07) is 1.16. The van der Waals surface area contributed by atoms with Crippen LogP contribution < -0.4 is 4.74 Å². The summed E-state index contributed by atoms with van der Waals surface area (Å²) in [5, 5.41) is 9.78. The van der Waals surface area contributed by atoms with Gasteiger partial charge in [0.25, 0.3) is 0 Å². The molecule has 2 rings (SSSR count). The highest BCUT2D eigenvalue weighted by Crippen LogP contribution is 2.51. The van der Waals surface area contributed by atoms with Crippen molar-refractivity contribution in [1.29, 1.82) is 0 Å². The van der Waals surface area contributed by atoms with Crippen molar-refractivity contribution in [3.05, 3.63) is 21.9 Å². The third kappa shape index (κ3) is 2.26. The van der Waals surface area contributed by atoms with Gasteiger partial charge in [0.15, 0.2) is 17.3 Å². The molecule has 1 saturated carbocycles. The Morgan fingerprint density at radius 1 is 1.53 bits per heavy atom. The second kappa shape index (κ2) is 5.31. The minimum absolute atomic E-state index is 0.0211. The van der Waals surface area contributed by atoms with Crippen molar-refractivity contribution in [1.82, 2.24) is 0 Å². The third-order valence-electron chi connectivity index (χ3n) is 3.52. The van der Waals surface area contributed by atoms with Crippen LogP contribution >= 0.6 is 15.9 Å². The molecular weight excluding hydrogens is 317 g/mol. The molecule has 0 amide bonds. The first-order valence-electron chi connectivity index (χ1n) is 5.90. The van der Waals surface area contributed by atoms with Gasteiger partial charge in [0.05, 0.1) is 7.11 Å². The number of aliphatic imine (C=N–C) groups is 1. The summed E-state index contributed by atoms with van der Waals surface area (Å²) in [6.07, 6.45) is 4.67. The normalized spacial score (nSPS) is 17.0. The van der Waals surface area contributed by atoms with Crippen molar-refractivity contribution >= 4 is 22.0 Å². The molecule has 4 nitrogen and oxygen atoms in total. The largest absolute Gasteiger partial charge is 0.502 e. The summed E-state index contributed by atoms with van der Waals surface area (Å²) in [6.45, 7) is 0. The highest BCUT2D eigenvalue weighted by molar-refractivity contribution is 9.10. The number of halogens is 2. The van der Waals surface area contributed by atoms with E-state index in [2.05, 4.69) is 20.9 Å². The molecule has 0 aliphatic heterocycles. The van der Waals surface area contributed by atoms with E-state index >= 15 is 0 Å². The Balaban J connectivity index is 2.73. The highest BCUT2D eigenvalue weighted by Gasteiger charge is 2.41. The van der Waals surface area contributed by atoms with E-state index in [-0.39, 0.29) is 5.75 Å². The van der Waals surface area contributed by atoms with Gasteiger partial charge in [0, 0.05) is 10.0 Å². The first kappa shape index (κ1) is 14.0. The van der Waals surface area contributed by atoms with Crippen molar-refractivity contribution in [2.75, 3.05) is 7.11 Å². The van der Waals surface area contributed by atoms with Crippen LogP contribution in [0.15, 0.2) is 15.5 Å². The number of isocyanates is 1. The molecule has 0 heterocycles. The zero-order chi connectivity index (χ0) is 14.0. The van der Waals surface area contributed by atoms with E-state index in [4.69, 9.17) is 4.74 Å². The zero-order valence-corrected chi connectivity index (χ0v) is 12.0. The number of methoxy groups -OCH3 is 1. The molecule has 102 valence electrons. The van der Waals surface area contributed by atoms with Gasteiger partial charge in [-0.05, 0) is 18.9 Å². The summed E-state index contributed by atoms with van der Waals surface area (Å²) in [5.41, 5.74) is -0.286. The Morgan fingerprint density at radius 2 is 2.16 bits per heavy atom. The van der Waals surface area contributed by atoms with Crippen molar-refractivity contribution in [3.8, 4) is 11.5 Å². The van der Waals surface area contributed by atoms with E-state index in [9.17, 15) is 14.3 Å². The van der Waals surface area contributed by atoms with Crippen molar-refractivity contribution in [3.63, 3.8) is 0 Å². The predicted octanol–water partition coefficient (Wildman–Crippen LogP) is 3.41. The maximum Gasteiger partial charge on any atom is 0.235 e. The van der Waals surface area contributed by atoms with Gasteiger partial charge in [-0.15, -0.1) is 0 Å². The molecule has 0 atom stereocenters. The lowest BCUT2D eigenvalue weighted by Crippen LogP contribution is -2.21. The number of rotatable bonds is 3. The average molecular weight is 330 g/mol. The van der Waals surface area contributed by atoms with Crippen molar-refractivity contribution in [2.45, 2.75) is 31.2 Å². The molecule has 19 heavy (non-hydrogen) atoms. The Morgan fingerprint density at radius 3 is 2.68 bits per heavy atom. The fourth-order valence-corrected chi connectivity index (χ4v) is 3.43. The Bertz CT molecular complexity index is 549. The van der Waals surface area contributed by atoms with E-state index in [1.807, 2.05) is 0 Å². The Labute approximate surface area is 118 Å². The number of hydrogen-bond acceptors (Lipinski definition) is 4. The van der Waals surface area contributed by atoms with Crippen LogP contribution in [0, 0.1) is 5.82 Å². The molecule has 0 unspecified atom stereocenters. The average Bonchev–Trinajstić information content (AvgIpc) is 2.83. The van der Waals surface area contributed by atoms with Crippen LogP contribution in [0.1, 0.15) is 31.2 Å². The van der Waals surface area contributed by atoms with E-state index in [0.717, 1.165) is 18.9 Å². The zero-order valence-electron chi connectivity index (χ0n) is 10.4. The summed E-state index contributed by atoms with van der Waals surface area (Å²) in [4.78, 5) is 14.6. The maximum atomic E-state index is 13.5. The third-order valence-corrected chi connectivity index (χ3v) is 4.15. The van der Waals surface area contributed by atoms with Crippen LogP contribution in [-0.2, 0) is 10.3 Å². The maximum absolute atomic E-state index is 13.5. The molecule has 0 radical (unpaired) electrons. The lowest BCUT2D eigenvalue weighted by Gasteiger charge is -2.26. The van der Waals surface area contributed by atoms with Crippen LogP contribution in [0.25, 0.3) is 0 Å². The Hall–Kier alpha value is -1.39. The minimum Gasteiger partial charge on any atom is -0.502 e.